The van der Waals surface area contributed by atoms with Crippen LogP contribution in [0, 0.1) is 17.6 Å². The van der Waals surface area contributed by atoms with Crippen LogP contribution in [0.15, 0.2) is 83.8 Å². The molecule has 8 heteroatoms. The van der Waals surface area contributed by atoms with Gasteiger partial charge in [-0.3, -0.25) is 14.5 Å². The number of aromatic nitrogens is 1. The summed E-state index contributed by atoms with van der Waals surface area (Å²) in [5.74, 6) is -1.27. The molecule has 0 atom stereocenters. The zero-order chi connectivity index (χ0) is 26.8. The number of para-hydroxylation sites is 1. The highest BCUT2D eigenvalue weighted by atomic mass is 19.1. The summed E-state index contributed by atoms with van der Waals surface area (Å²) in [6, 6.07) is 18.8. The zero-order valence-corrected chi connectivity index (χ0v) is 21.0. The molecule has 5 rings (SSSR count). The summed E-state index contributed by atoms with van der Waals surface area (Å²) in [6.45, 7) is 2.10. The average Bonchev–Trinajstić information content (AvgIpc) is 3.75. The quantitative estimate of drug-likeness (QED) is 0.265. The highest BCUT2D eigenvalue weighted by molar-refractivity contribution is 6.03. The maximum atomic E-state index is 14.5. The lowest BCUT2D eigenvalue weighted by Gasteiger charge is -2.25. The second kappa shape index (κ2) is 10.5. The largest absolute Gasteiger partial charge is 0.493 e. The summed E-state index contributed by atoms with van der Waals surface area (Å²) in [5.41, 5.74) is 2.00. The van der Waals surface area contributed by atoms with Crippen LogP contribution in [0.2, 0.25) is 0 Å². The lowest BCUT2D eigenvalue weighted by atomic mass is 10.0. The third-order valence-electron chi connectivity index (χ3n) is 6.28. The lowest BCUT2D eigenvalue weighted by molar-refractivity contribution is -0.119. The van der Waals surface area contributed by atoms with E-state index in [0.717, 1.165) is 25.0 Å². The van der Waals surface area contributed by atoms with Crippen LogP contribution in [0.3, 0.4) is 0 Å². The fourth-order valence-corrected chi connectivity index (χ4v) is 4.22. The van der Waals surface area contributed by atoms with Crippen molar-refractivity contribution in [3.05, 3.63) is 101 Å². The summed E-state index contributed by atoms with van der Waals surface area (Å²) in [7, 11) is 1.61. The maximum Gasteiger partial charge on any atom is 0.254 e. The zero-order valence-electron chi connectivity index (χ0n) is 21.0. The minimum absolute atomic E-state index is 0.0223. The second-order valence-electron chi connectivity index (χ2n) is 9.07. The number of nitrogens with zero attached hydrogens (tertiary/aromatic N) is 2. The Bertz CT molecular complexity index is 1550. The number of carbonyl (C=O) groups is 1. The van der Waals surface area contributed by atoms with Gasteiger partial charge in [-0.1, -0.05) is 18.2 Å². The second-order valence-corrected chi connectivity index (χ2v) is 9.07. The van der Waals surface area contributed by atoms with Gasteiger partial charge in [-0.25, -0.2) is 8.78 Å². The molecule has 6 nitrogen and oxygen atoms in total. The van der Waals surface area contributed by atoms with Gasteiger partial charge in [0.1, 0.15) is 17.3 Å². The molecule has 194 valence electrons. The molecule has 1 amide bonds. The Labute approximate surface area is 218 Å². The Kier molecular flexibility index (Phi) is 6.96. The number of rotatable bonds is 8. The van der Waals surface area contributed by atoms with Gasteiger partial charge in [-0.05, 0) is 62.2 Å². The SMILES string of the molecule is CCOc1cc(=O)n(C)cc1-c1cc(N(C(=O)C2CC2)c2ccccc2)ccc1Oc1ccc(F)cc1F. The molecular weight excluding hydrogens is 490 g/mol. The highest BCUT2D eigenvalue weighted by Gasteiger charge is 2.35. The van der Waals surface area contributed by atoms with Gasteiger partial charge < -0.3 is 14.0 Å². The smallest absolute Gasteiger partial charge is 0.254 e. The normalized spacial score (nSPS) is 12.7. The molecule has 38 heavy (non-hydrogen) atoms. The van der Waals surface area contributed by atoms with Crippen LogP contribution >= 0.6 is 0 Å². The first-order valence-corrected chi connectivity index (χ1v) is 12.4. The highest BCUT2D eigenvalue weighted by Crippen LogP contribution is 2.43. The monoisotopic (exact) mass is 516 g/mol. The summed E-state index contributed by atoms with van der Waals surface area (Å²) in [6.07, 6.45) is 3.26. The van der Waals surface area contributed by atoms with Gasteiger partial charge in [0.25, 0.3) is 5.56 Å². The number of hydrogen-bond donors (Lipinski definition) is 0. The van der Waals surface area contributed by atoms with Crippen LogP contribution < -0.4 is 19.9 Å². The Morgan fingerprint density at radius 2 is 1.66 bits per heavy atom. The summed E-state index contributed by atoms with van der Waals surface area (Å²) in [4.78, 5) is 27.5. The van der Waals surface area contributed by atoms with Gasteiger partial charge in [0.2, 0.25) is 5.91 Å². The van der Waals surface area contributed by atoms with E-state index in [4.69, 9.17) is 9.47 Å². The van der Waals surface area contributed by atoms with E-state index in [2.05, 4.69) is 0 Å². The molecular formula is C30H26F2N2O4. The molecule has 0 aliphatic heterocycles. The molecule has 4 aromatic rings. The van der Waals surface area contributed by atoms with Gasteiger partial charge in [0, 0.05) is 53.8 Å². The molecule has 0 saturated heterocycles. The lowest BCUT2D eigenvalue weighted by Crippen LogP contribution is -2.27. The first-order chi connectivity index (χ1) is 18.4. The van der Waals surface area contributed by atoms with Crippen LogP contribution in [0.5, 0.6) is 17.2 Å². The molecule has 0 unspecified atom stereocenters. The van der Waals surface area contributed by atoms with Crippen molar-refractivity contribution in [2.24, 2.45) is 13.0 Å². The third-order valence-corrected chi connectivity index (χ3v) is 6.28. The van der Waals surface area contributed by atoms with E-state index in [1.54, 1.807) is 43.3 Å². The third kappa shape index (κ3) is 5.16. The van der Waals surface area contributed by atoms with Crippen molar-refractivity contribution in [2.75, 3.05) is 11.5 Å². The molecule has 1 saturated carbocycles. The summed E-state index contributed by atoms with van der Waals surface area (Å²) < 4.78 is 41.2. The maximum absolute atomic E-state index is 14.5. The van der Waals surface area contributed by atoms with Gasteiger partial charge in [-0.15, -0.1) is 0 Å². The van der Waals surface area contributed by atoms with Crippen molar-refractivity contribution in [1.82, 2.24) is 4.57 Å². The number of ether oxygens (including phenoxy) is 2. The minimum atomic E-state index is -0.861. The molecule has 0 N–H and O–H groups in total. The predicted molar refractivity (Wildman–Crippen MR) is 141 cm³/mol. The van der Waals surface area contributed by atoms with E-state index in [1.807, 2.05) is 30.3 Å². The Morgan fingerprint density at radius 3 is 2.34 bits per heavy atom. The van der Waals surface area contributed by atoms with Crippen LogP contribution in [-0.4, -0.2) is 17.1 Å². The van der Waals surface area contributed by atoms with Crippen LogP contribution in [-0.2, 0) is 11.8 Å². The first-order valence-electron chi connectivity index (χ1n) is 12.4. The minimum Gasteiger partial charge on any atom is -0.493 e. The topological polar surface area (TPSA) is 60.8 Å². The number of anilines is 2. The molecule has 3 aromatic carbocycles. The molecule has 1 aromatic heterocycles. The molecule has 1 aliphatic carbocycles. The van der Waals surface area contributed by atoms with E-state index >= 15 is 0 Å². The van der Waals surface area contributed by atoms with Crippen molar-refractivity contribution >= 4 is 17.3 Å². The van der Waals surface area contributed by atoms with Gasteiger partial charge in [-0.2, -0.15) is 0 Å². The van der Waals surface area contributed by atoms with E-state index in [0.29, 0.717) is 34.9 Å². The number of halogens is 2. The van der Waals surface area contributed by atoms with Crippen molar-refractivity contribution < 1.29 is 23.0 Å². The number of benzene rings is 3. The number of aryl methyl sites for hydroxylation is 1. The van der Waals surface area contributed by atoms with Crippen LogP contribution in [0.25, 0.3) is 11.1 Å². The summed E-state index contributed by atoms with van der Waals surface area (Å²) in [5, 5.41) is 0. The van der Waals surface area contributed by atoms with Crippen LogP contribution in [0.4, 0.5) is 20.2 Å². The van der Waals surface area contributed by atoms with Gasteiger partial charge in [0.05, 0.1) is 6.61 Å². The predicted octanol–water partition coefficient (Wildman–Crippen LogP) is 6.60. The first kappa shape index (κ1) is 25.2. The molecule has 1 aliphatic rings. The number of carbonyl (C=O) groups excluding carboxylic acids is 1. The molecule has 1 fully saturated rings. The molecule has 0 radical (unpaired) electrons. The number of pyridine rings is 1. The van der Waals surface area contributed by atoms with Crippen molar-refractivity contribution in [2.45, 2.75) is 19.8 Å². The van der Waals surface area contributed by atoms with Crippen molar-refractivity contribution in [3.8, 4) is 28.4 Å². The molecule has 0 spiro atoms. The summed E-state index contributed by atoms with van der Waals surface area (Å²) >= 11 is 0. The standard InChI is InChI=1S/C30H26F2N2O4/c1-3-37-28-17-29(35)33(2)18-24(28)23-16-22(12-14-26(23)38-27-13-11-20(31)15-25(27)32)34(30(36)19-9-10-19)21-7-5-4-6-8-21/h4-8,11-19H,3,9-10H2,1-2H3. The Hall–Kier alpha value is -4.46. The molecule has 0 bridgehead atoms. The van der Waals surface area contributed by atoms with Crippen molar-refractivity contribution in [1.29, 1.82) is 0 Å². The Morgan fingerprint density at radius 1 is 0.921 bits per heavy atom. The van der Waals surface area contributed by atoms with E-state index < -0.39 is 11.6 Å². The molecule has 1 heterocycles. The van der Waals surface area contributed by atoms with Gasteiger partial charge >= 0.3 is 0 Å². The van der Waals surface area contributed by atoms with E-state index in [-0.39, 0.29) is 28.9 Å². The van der Waals surface area contributed by atoms with E-state index in [9.17, 15) is 18.4 Å². The van der Waals surface area contributed by atoms with E-state index in [1.165, 1.54) is 16.7 Å². The fraction of sp³-hybridized carbons (Fsp3) is 0.200. The average molecular weight is 517 g/mol. The van der Waals surface area contributed by atoms with Crippen molar-refractivity contribution in [3.63, 3.8) is 0 Å². The van der Waals surface area contributed by atoms with Crippen LogP contribution in [0.1, 0.15) is 19.8 Å². The number of hydrogen-bond acceptors (Lipinski definition) is 4. The Balaban J connectivity index is 1.70. The van der Waals surface area contributed by atoms with Gasteiger partial charge in [0.15, 0.2) is 11.6 Å². The number of amides is 1. The fourth-order valence-electron chi connectivity index (χ4n) is 4.22.